The van der Waals surface area contributed by atoms with E-state index in [0.29, 0.717) is 0 Å². The molecule has 3 heteroatoms. The summed E-state index contributed by atoms with van der Waals surface area (Å²) in [5.74, 6) is 0. The Labute approximate surface area is 83.8 Å². The van der Waals surface area contributed by atoms with Crippen molar-refractivity contribution in [1.29, 1.82) is 0 Å². The van der Waals surface area contributed by atoms with Crippen LogP contribution < -0.4 is 0 Å². The number of aryl methyl sites for hydroxylation is 1. The summed E-state index contributed by atoms with van der Waals surface area (Å²) in [7, 11) is 1.91. The molecule has 0 aliphatic heterocycles. The lowest BCUT2D eigenvalue weighted by molar-refractivity contribution is 0.588. The van der Waals surface area contributed by atoms with E-state index < -0.39 is 0 Å². The van der Waals surface area contributed by atoms with Gasteiger partial charge in [0.15, 0.2) is 5.65 Å². The third-order valence-electron chi connectivity index (χ3n) is 2.44. The number of rotatable bonds is 0. The smallest absolute Gasteiger partial charge is 0.157 e. The fourth-order valence-electron chi connectivity index (χ4n) is 1.45. The van der Waals surface area contributed by atoms with Gasteiger partial charge < -0.3 is 0 Å². The first-order valence-electron chi connectivity index (χ1n) is 4.77. The van der Waals surface area contributed by atoms with Crippen LogP contribution in [0.5, 0.6) is 0 Å². The molecule has 0 saturated heterocycles. The summed E-state index contributed by atoms with van der Waals surface area (Å²) in [4.78, 5) is 4.41. The SMILES string of the molecule is Cn1ncc2cc(C(C)(C)C)cnc21. The second-order valence-electron chi connectivity index (χ2n) is 4.66. The number of hydrogen-bond acceptors (Lipinski definition) is 2. The molecule has 0 saturated carbocycles. The van der Waals surface area contributed by atoms with Gasteiger partial charge >= 0.3 is 0 Å². The summed E-state index contributed by atoms with van der Waals surface area (Å²) in [6.45, 7) is 6.56. The zero-order chi connectivity index (χ0) is 10.3. The molecule has 14 heavy (non-hydrogen) atoms. The summed E-state index contributed by atoms with van der Waals surface area (Å²) in [6, 6.07) is 2.16. The van der Waals surface area contributed by atoms with Crippen LogP contribution in [0.15, 0.2) is 18.5 Å². The number of fused-ring (bicyclic) bond motifs is 1. The van der Waals surface area contributed by atoms with Crippen LogP contribution in [-0.4, -0.2) is 14.8 Å². The maximum Gasteiger partial charge on any atom is 0.157 e. The molecule has 0 radical (unpaired) electrons. The quantitative estimate of drug-likeness (QED) is 0.636. The molecule has 2 heterocycles. The van der Waals surface area contributed by atoms with Crippen molar-refractivity contribution >= 4 is 11.0 Å². The predicted molar refractivity (Wildman–Crippen MR) is 57.2 cm³/mol. The Bertz CT molecular complexity index is 463. The average Bonchev–Trinajstić information content (AvgIpc) is 2.46. The van der Waals surface area contributed by atoms with E-state index in [4.69, 9.17) is 0 Å². The van der Waals surface area contributed by atoms with Gasteiger partial charge in [-0.15, -0.1) is 0 Å². The summed E-state index contributed by atoms with van der Waals surface area (Å²) < 4.78 is 1.79. The van der Waals surface area contributed by atoms with Crippen LogP contribution in [0.1, 0.15) is 26.3 Å². The van der Waals surface area contributed by atoms with Gasteiger partial charge in [-0.05, 0) is 17.0 Å². The fourth-order valence-corrected chi connectivity index (χ4v) is 1.45. The first kappa shape index (κ1) is 9.19. The van der Waals surface area contributed by atoms with Crippen LogP contribution in [0.25, 0.3) is 11.0 Å². The monoisotopic (exact) mass is 189 g/mol. The predicted octanol–water partition coefficient (Wildman–Crippen LogP) is 2.27. The van der Waals surface area contributed by atoms with E-state index in [1.807, 2.05) is 19.4 Å². The highest BCUT2D eigenvalue weighted by molar-refractivity contribution is 5.75. The zero-order valence-electron chi connectivity index (χ0n) is 9.07. The largest absolute Gasteiger partial charge is 0.250 e. The van der Waals surface area contributed by atoms with Crippen molar-refractivity contribution < 1.29 is 0 Å². The lowest BCUT2D eigenvalue weighted by atomic mass is 9.88. The van der Waals surface area contributed by atoms with Crippen LogP contribution in [0.2, 0.25) is 0 Å². The first-order chi connectivity index (χ1) is 6.48. The van der Waals surface area contributed by atoms with Gasteiger partial charge in [0.25, 0.3) is 0 Å². The van der Waals surface area contributed by atoms with Crippen LogP contribution in [0.4, 0.5) is 0 Å². The van der Waals surface area contributed by atoms with E-state index in [-0.39, 0.29) is 5.41 Å². The number of aromatic nitrogens is 3. The van der Waals surface area contributed by atoms with Gasteiger partial charge in [0.05, 0.1) is 6.20 Å². The Hall–Kier alpha value is -1.38. The van der Waals surface area contributed by atoms with E-state index in [9.17, 15) is 0 Å². The minimum Gasteiger partial charge on any atom is -0.250 e. The van der Waals surface area contributed by atoms with Crippen molar-refractivity contribution in [2.45, 2.75) is 26.2 Å². The first-order valence-corrected chi connectivity index (χ1v) is 4.77. The van der Waals surface area contributed by atoms with Crippen LogP contribution in [0.3, 0.4) is 0 Å². The second kappa shape index (κ2) is 2.80. The minimum absolute atomic E-state index is 0.150. The molecular formula is C11H15N3. The molecule has 0 N–H and O–H groups in total. The standard InChI is InChI=1S/C11H15N3/c1-11(2,3)9-5-8-6-13-14(4)10(8)12-7-9/h5-7H,1-4H3. The topological polar surface area (TPSA) is 30.7 Å². The fraction of sp³-hybridized carbons (Fsp3) is 0.455. The van der Waals surface area contributed by atoms with E-state index in [1.54, 1.807) is 4.68 Å². The third kappa shape index (κ3) is 1.39. The van der Waals surface area contributed by atoms with Gasteiger partial charge in [0.2, 0.25) is 0 Å². The maximum absolute atomic E-state index is 4.41. The lowest BCUT2D eigenvalue weighted by Gasteiger charge is -2.18. The number of pyridine rings is 1. The number of nitrogens with zero attached hydrogens (tertiary/aromatic N) is 3. The molecule has 0 aliphatic carbocycles. The van der Waals surface area contributed by atoms with Gasteiger partial charge in [-0.2, -0.15) is 5.10 Å². The molecule has 0 spiro atoms. The second-order valence-corrected chi connectivity index (χ2v) is 4.66. The molecule has 0 aliphatic rings. The molecule has 0 bridgehead atoms. The molecule has 3 nitrogen and oxygen atoms in total. The van der Waals surface area contributed by atoms with Gasteiger partial charge in [0, 0.05) is 18.6 Å². The molecular weight excluding hydrogens is 174 g/mol. The van der Waals surface area contributed by atoms with Crippen LogP contribution in [-0.2, 0) is 12.5 Å². The highest BCUT2D eigenvalue weighted by Crippen LogP contribution is 2.23. The third-order valence-corrected chi connectivity index (χ3v) is 2.44. The molecule has 0 atom stereocenters. The summed E-state index contributed by atoms with van der Waals surface area (Å²) in [5.41, 5.74) is 2.34. The highest BCUT2D eigenvalue weighted by Gasteiger charge is 2.15. The normalized spacial score (nSPS) is 12.3. The van der Waals surface area contributed by atoms with Crippen molar-refractivity contribution in [3.8, 4) is 0 Å². The van der Waals surface area contributed by atoms with E-state index in [0.717, 1.165) is 11.0 Å². The summed E-state index contributed by atoms with van der Waals surface area (Å²) in [5, 5.41) is 5.28. The van der Waals surface area contributed by atoms with Crippen molar-refractivity contribution in [1.82, 2.24) is 14.8 Å². The van der Waals surface area contributed by atoms with Gasteiger partial charge in [-0.25, -0.2) is 4.98 Å². The Balaban J connectivity index is 2.63. The maximum atomic E-state index is 4.41. The van der Waals surface area contributed by atoms with Crippen molar-refractivity contribution in [3.05, 3.63) is 24.0 Å². The van der Waals surface area contributed by atoms with Gasteiger partial charge in [0.1, 0.15) is 0 Å². The van der Waals surface area contributed by atoms with E-state index >= 15 is 0 Å². The highest BCUT2D eigenvalue weighted by atomic mass is 15.3. The number of hydrogen-bond donors (Lipinski definition) is 0. The molecule has 74 valence electrons. The summed E-state index contributed by atoms with van der Waals surface area (Å²) in [6.07, 6.45) is 3.79. The molecule has 0 fully saturated rings. The molecule has 0 unspecified atom stereocenters. The van der Waals surface area contributed by atoms with Crippen molar-refractivity contribution in [2.75, 3.05) is 0 Å². The zero-order valence-corrected chi connectivity index (χ0v) is 9.07. The Kier molecular flexibility index (Phi) is 1.84. The Morgan fingerprint density at radius 3 is 2.57 bits per heavy atom. The Morgan fingerprint density at radius 2 is 1.93 bits per heavy atom. The van der Waals surface area contributed by atoms with E-state index in [2.05, 4.69) is 36.9 Å². The van der Waals surface area contributed by atoms with Crippen molar-refractivity contribution in [3.63, 3.8) is 0 Å². The lowest BCUT2D eigenvalue weighted by Crippen LogP contribution is -2.11. The summed E-state index contributed by atoms with van der Waals surface area (Å²) >= 11 is 0. The van der Waals surface area contributed by atoms with E-state index in [1.165, 1.54) is 5.56 Å². The van der Waals surface area contributed by atoms with Crippen LogP contribution >= 0.6 is 0 Å². The molecule has 2 rings (SSSR count). The average molecular weight is 189 g/mol. The molecule has 2 aromatic rings. The molecule has 0 aromatic carbocycles. The Morgan fingerprint density at radius 1 is 1.21 bits per heavy atom. The van der Waals surface area contributed by atoms with Crippen LogP contribution in [0, 0.1) is 0 Å². The molecule has 0 amide bonds. The molecule has 2 aromatic heterocycles. The van der Waals surface area contributed by atoms with Gasteiger partial charge in [-0.1, -0.05) is 20.8 Å². The minimum atomic E-state index is 0.150. The van der Waals surface area contributed by atoms with Crippen molar-refractivity contribution in [2.24, 2.45) is 7.05 Å². The van der Waals surface area contributed by atoms with Gasteiger partial charge in [-0.3, -0.25) is 4.68 Å².